The third-order valence-corrected chi connectivity index (χ3v) is 3.18. The van der Waals surface area contributed by atoms with Gasteiger partial charge >= 0.3 is 5.97 Å². The number of amides is 1. The highest BCUT2D eigenvalue weighted by atomic mass is 16.4. The van der Waals surface area contributed by atoms with E-state index in [2.05, 4.69) is 19.2 Å². The number of carboxylic acid groups (broad SMARTS) is 1. The molecule has 0 saturated carbocycles. The van der Waals surface area contributed by atoms with Gasteiger partial charge in [-0.05, 0) is 35.7 Å². The van der Waals surface area contributed by atoms with Crippen LogP contribution in [0.25, 0.3) is 0 Å². The van der Waals surface area contributed by atoms with Crippen LogP contribution < -0.4 is 5.32 Å². The number of carbonyl (C=O) groups is 2. The molecule has 0 aliphatic heterocycles. The van der Waals surface area contributed by atoms with E-state index in [1.807, 2.05) is 24.3 Å². The number of hydrogen-bond donors (Lipinski definition) is 2. The van der Waals surface area contributed by atoms with Crippen molar-refractivity contribution in [1.29, 1.82) is 0 Å². The Balaban J connectivity index is 2.16. The first kappa shape index (κ1) is 14.8. The molecular weight excluding hydrogens is 268 g/mol. The summed E-state index contributed by atoms with van der Waals surface area (Å²) in [5.74, 6) is -0.929. The highest BCUT2D eigenvalue weighted by Crippen LogP contribution is 2.19. The molecule has 1 amide bonds. The molecule has 2 N–H and O–H groups in total. The Kier molecular flexibility index (Phi) is 4.42. The predicted molar refractivity (Wildman–Crippen MR) is 80.6 cm³/mol. The second-order valence-corrected chi connectivity index (χ2v) is 5.15. The Hall–Kier alpha value is -2.56. The molecule has 0 bridgehead atoms. The molecule has 0 aliphatic carbocycles. The molecular formula is C16H18N2O3. The van der Waals surface area contributed by atoms with Gasteiger partial charge < -0.3 is 15.0 Å². The summed E-state index contributed by atoms with van der Waals surface area (Å²) < 4.78 is 1.41. The zero-order valence-electron chi connectivity index (χ0n) is 12.0. The molecule has 2 aromatic rings. The molecule has 0 unspecified atom stereocenters. The molecule has 5 nitrogen and oxygen atoms in total. The second kappa shape index (κ2) is 6.26. The Morgan fingerprint density at radius 3 is 2.67 bits per heavy atom. The maximum absolute atomic E-state index is 12.2. The summed E-state index contributed by atoms with van der Waals surface area (Å²) in [5, 5.41) is 11.6. The summed E-state index contributed by atoms with van der Waals surface area (Å²) >= 11 is 0. The first-order chi connectivity index (χ1) is 9.97. The van der Waals surface area contributed by atoms with Crippen LogP contribution in [-0.4, -0.2) is 21.6 Å². The van der Waals surface area contributed by atoms with Crippen LogP contribution in [0.2, 0.25) is 0 Å². The molecule has 1 aromatic heterocycles. The normalized spacial score (nSPS) is 10.6. The fraction of sp³-hybridized carbons (Fsp3) is 0.250. The molecule has 5 heteroatoms. The fourth-order valence-electron chi connectivity index (χ4n) is 2.07. The molecule has 110 valence electrons. The SMILES string of the molecule is CC(C)c1cccc(NC(=O)c2cccn2CC(=O)O)c1. The van der Waals surface area contributed by atoms with E-state index in [0.717, 1.165) is 5.56 Å². The van der Waals surface area contributed by atoms with Gasteiger partial charge in [-0.15, -0.1) is 0 Å². The monoisotopic (exact) mass is 286 g/mol. The molecule has 21 heavy (non-hydrogen) atoms. The van der Waals surface area contributed by atoms with Crippen molar-refractivity contribution in [3.05, 3.63) is 53.9 Å². The molecule has 0 radical (unpaired) electrons. The van der Waals surface area contributed by atoms with Crippen molar-refractivity contribution < 1.29 is 14.7 Å². The Bertz CT molecular complexity index is 659. The largest absolute Gasteiger partial charge is 0.480 e. The van der Waals surface area contributed by atoms with Crippen molar-refractivity contribution in [1.82, 2.24) is 4.57 Å². The lowest BCUT2D eigenvalue weighted by Crippen LogP contribution is -2.19. The maximum Gasteiger partial charge on any atom is 0.323 e. The molecule has 0 aliphatic rings. The summed E-state index contributed by atoms with van der Waals surface area (Å²) in [6.45, 7) is 3.93. The van der Waals surface area contributed by atoms with Gasteiger partial charge in [0.15, 0.2) is 0 Å². The predicted octanol–water partition coefficient (Wildman–Crippen LogP) is 2.95. The van der Waals surface area contributed by atoms with Gasteiger partial charge in [-0.3, -0.25) is 9.59 Å². The van der Waals surface area contributed by atoms with E-state index in [-0.39, 0.29) is 12.5 Å². The van der Waals surface area contributed by atoms with Gasteiger partial charge in [0, 0.05) is 11.9 Å². The maximum atomic E-state index is 12.2. The third kappa shape index (κ3) is 3.72. The number of hydrogen-bond acceptors (Lipinski definition) is 2. The first-order valence-electron chi connectivity index (χ1n) is 6.75. The van der Waals surface area contributed by atoms with E-state index in [9.17, 15) is 9.59 Å². The van der Waals surface area contributed by atoms with Crippen LogP contribution in [0.15, 0.2) is 42.6 Å². The van der Waals surface area contributed by atoms with Crippen molar-refractivity contribution in [2.75, 3.05) is 5.32 Å². The second-order valence-electron chi connectivity index (χ2n) is 5.15. The topological polar surface area (TPSA) is 71.3 Å². The summed E-state index contributed by atoms with van der Waals surface area (Å²) in [6, 6.07) is 10.9. The molecule has 0 spiro atoms. The van der Waals surface area contributed by atoms with E-state index in [4.69, 9.17) is 5.11 Å². The minimum absolute atomic E-state index is 0.234. The van der Waals surface area contributed by atoms with E-state index in [0.29, 0.717) is 17.3 Å². The molecule has 0 fully saturated rings. The Morgan fingerprint density at radius 2 is 2.00 bits per heavy atom. The highest BCUT2D eigenvalue weighted by Gasteiger charge is 2.13. The van der Waals surface area contributed by atoms with Gasteiger partial charge in [0.2, 0.25) is 0 Å². The van der Waals surface area contributed by atoms with Gasteiger partial charge in [0.1, 0.15) is 12.2 Å². The summed E-state index contributed by atoms with van der Waals surface area (Å²) in [5.41, 5.74) is 2.16. The number of carboxylic acids is 1. The van der Waals surface area contributed by atoms with Gasteiger partial charge in [-0.1, -0.05) is 26.0 Å². The van der Waals surface area contributed by atoms with Crippen molar-refractivity contribution in [2.24, 2.45) is 0 Å². The molecule has 0 atom stereocenters. The standard InChI is InChI=1S/C16H18N2O3/c1-11(2)12-5-3-6-13(9-12)17-16(21)14-7-4-8-18(14)10-15(19)20/h3-9,11H,10H2,1-2H3,(H,17,21)(H,19,20). The number of anilines is 1. The number of nitrogens with one attached hydrogen (secondary N) is 1. The highest BCUT2D eigenvalue weighted by molar-refractivity contribution is 6.03. The average Bonchev–Trinajstić information content (AvgIpc) is 2.86. The minimum atomic E-state index is -0.984. The van der Waals surface area contributed by atoms with Crippen LogP contribution in [-0.2, 0) is 11.3 Å². The van der Waals surface area contributed by atoms with E-state index < -0.39 is 5.97 Å². The molecule has 0 saturated heterocycles. The lowest BCUT2D eigenvalue weighted by Gasteiger charge is -2.10. The number of aliphatic carboxylic acids is 1. The van der Waals surface area contributed by atoms with Gasteiger partial charge in [-0.25, -0.2) is 0 Å². The summed E-state index contributed by atoms with van der Waals surface area (Å²) in [7, 11) is 0. The van der Waals surface area contributed by atoms with Crippen LogP contribution in [0.1, 0.15) is 35.8 Å². The van der Waals surface area contributed by atoms with Crippen LogP contribution in [0.4, 0.5) is 5.69 Å². The van der Waals surface area contributed by atoms with Crippen molar-refractivity contribution in [3.63, 3.8) is 0 Å². The Labute approximate surface area is 123 Å². The lowest BCUT2D eigenvalue weighted by molar-refractivity contribution is -0.137. The number of benzene rings is 1. The lowest BCUT2D eigenvalue weighted by atomic mass is 10.0. The number of nitrogens with zero attached hydrogens (tertiary/aromatic N) is 1. The smallest absolute Gasteiger partial charge is 0.323 e. The Morgan fingerprint density at radius 1 is 1.24 bits per heavy atom. The van der Waals surface area contributed by atoms with Gasteiger partial charge in [0.25, 0.3) is 5.91 Å². The van der Waals surface area contributed by atoms with E-state index in [1.165, 1.54) is 4.57 Å². The van der Waals surface area contributed by atoms with Crippen LogP contribution in [0.3, 0.4) is 0 Å². The van der Waals surface area contributed by atoms with E-state index >= 15 is 0 Å². The molecule has 1 aromatic carbocycles. The minimum Gasteiger partial charge on any atom is -0.480 e. The van der Waals surface area contributed by atoms with E-state index in [1.54, 1.807) is 18.3 Å². The molecule has 2 rings (SSSR count). The van der Waals surface area contributed by atoms with Crippen LogP contribution >= 0.6 is 0 Å². The van der Waals surface area contributed by atoms with Crippen molar-refractivity contribution in [3.8, 4) is 0 Å². The first-order valence-corrected chi connectivity index (χ1v) is 6.75. The zero-order chi connectivity index (χ0) is 15.4. The quantitative estimate of drug-likeness (QED) is 0.887. The number of aromatic nitrogens is 1. The number of rotatable bonds is 5. The van der Waals surface area contributed by atoms with Crippen molar-refractivity contribution >= 4 is 17.6 Å². The van der Waals surface area contributed by atoms with Crippen LogP contribution in [0.5, 0.6) is 0 Å². The zero-order valence-corrected chi connectivity index (χ0v) is 12.0. The van der Waals surface area contributed by atoms with Gasteiger partial charge in [-0.2, -0.15) is 0 Å². The van der Waals surface area contributed by atoms with Crippen molar-refractivity contribution in [2.45, 2.75) is 26.3 Å². The third-order valence-electron chi connectivity index (χ3n) is 3.18. The van der Waals surface area contributed by atoms with Crippen LogP contribution in [0, 0.1) is 0 Å². The number of carbonyl (C=O) groups excluding carboxylic acids is 1. The molecule has 1 heterocycles. The summed E-state index contributed by atoms with van der Waals surface area (Å²) in [6.07, 6.45) is 1.58. The average molecular weight is 286 g/mol. The fourth-order valence-corrected chi connectivity index (χ4v) is 2.07. The van der Waals surface area contributed by atoms with Gasteiger partial charge in [0.05, 0.1) is 0 Å². The summed E-state index contributed by atoms with van der Waals surface area (Å²) in [4.78, 5) is 23.0.